The molecule has 1 aromatic carbocycles. The predicted octanol–water partition coefficient (Wildman–Crippen LogP) is 4.10. The zero-order chi connectivity index (χ0) is 16.1. The van der Waals surface area contributed by atoms with E-state index in [-0.39, 0.29) is 0 Å². The SMILES string of the molecule is COc1nccc(N[C@H]2CC[C@@H](c3ccccc3)CC2)c1C#N. The second kappa shape index (κ2) is 7.15. The van der Waals surface area contributed by atoms with E-state index in [0.29, 0.717) is 23.4 Å². The average Bonchev–Trinajstić information content (AvgIpc) is 2.63. The molecule has 0 spiro atoms. The highest BCUT2D eigenvalue weighted by Crippen LogP contribution is 2.34. The largest absolute Gasteiger partial charge is 0.480 e. The van der Waals surface area contributed by atoms with Crippen LogP contribution < -0.4 is 10.1 Å². The number of aromatic nitrogens is 1. The molecule has 23 heavy (non-hydrogen) atoms. The maximum absolute atomic E-state index is 9.34. The molecule has 1 fully saturated rings. The summed E-state index contributed by atoms with van der Waals surface area (Å²) in [4.78, 5) is 4.09. The van der Waals surface area contributed by atoms with Gasteiger partial charge in [0.2, 0.25) is 5.88 Å². The zero-order valence-electron chi connectivity index (χ0n) is 13.3. The molecule has 0 aliphatic heterocycles. The van der Waals surface area contributed by atoms with Crippen LogP contribution in [0.15, 0.2) is 42.6 Å². The standard InChI is InChI=1S/C19H21N3O/c1-23-19-17(13-20)18(11-12-21-19)22-16-9-7-15(8-10-16)14-5-3-2-4-6-14/h2-6,11-12,15-16H,7-10H2,1H3,(H,21,22)/t15-,16+. The molecular weight excluding hydrogens is 286 g/mol. The van der Waals surface area contributed by atoms with Crippen molar-refractivity contribution in [2.24, 2.45) is 0 Å². The van der Waals surface area contributed by atoms with Crippen molar-refractivity contribution in [2.75, 3.05) is 12.4 Å². The molecule has 4 heteroatoms. The minimum Gasteiger partial charge on any atom is -0.480 e. The molecule has 0 bridgehead atoms. The van der Waals surface area contributed by atoms with Crippen LogP contribution in [-0.2, 0) is 0 Å². The quantitative estimate of drug-likeness (QED) is 0.924. The summed E-state index contributed by atoms with van der Waals surface area (Å²) in [5.74, 6) is 1.03. The monoisotopic (exact) mass is 307 g/mol. The lowest BCUT2D eigenvalue weighted by Crippen LogP contribution is -2.25. The molecule has 4 nitrogen and oxygen atoms in total. The van der Waals surface area contributed by atoms with E-state index in [1.54, 1.807) is 6.20 Å². The number of rotatable bonds is 4. The van der Waals surface area contributed by atoms with Crippen LogP contribution >= 0.6 is 0 Å². The van der Waals surface area contributed by atoms with E-state index in [0.717, 1.165) is 18.5 Å². The van der Waals surface area contributed by atoms with E-state index in [9.17, 15) is 5.26 Å². The number of hydrogen-bond acceptors (Lipinski definition) is 4. The average molecular weight is 307 g/mol. The molecule has 1 aliphatic rings. The zero-order valence-corrected chi connectivity index (χ0v) is 13.3. The molecule has 1 N–H and O–H groups in total. The Morgan fingerprint density at radius 1 is 1.13 bits per heavy atom. The van der Waals surface area contributed by atoms with Gasteiger partial charge in [-0.25, -0.2) is 4.98 Å². The van der Waals surface area contributed by atoms with Crippen LogP contribution in [-0.4, -0.2) is 18.1 Å². The highest BCUT2D eigenvalue weighted by atomic mass is 16.5. The molecule has 1 aromatic heterocycles. The molecule has 2 aromatic rings. The van der Waals surface area contributed by atoms with Gasteiger partial charge in [0.15, 0.2) is 0 Å². The minimum absolute atomic E-state index is 0.385. The maximum atomic E-state index is 9.34. The van der Waals surface area contributed by atoms with Gasteiger partial charge >= 0.3 is 0 Å². The summed E-state index contributed by atoms with van der Waals surface area (Å²) in [6.45, 7) is 0. The van der Waals surface area contributed by atoms with Crippen molar-refractivity contribution in [1.82, 2.24) is 4.98 Å². The fourth-order valence-electron chi connectivity index (χ4n) is 3.34. The van der Waals surface area contributed by atoms with Crippen LogP contribution in [0.25, 0.3) is 0 Å². The lowest BCUT2D eigenvalue weighted by atomic mass is 9.81. The molecule has 1 saturated carbocycles. The second-order valence-corrected chi connectivity index (χ2v) is 5.96. The first-order chi connectivity index (χ1) is 11.3. The van der Waals surface area contributed by atoms with Crippen molar-refractivity contribution >= 4 is 5.69 Å². The van der Waals surface area contributed by atoms with Crippen molar-refractivity contribution in [3.05, 3.63) is 53.7 Å². The summed E-state index contributed by atoms with van der Waals surface area (Å²) in [5.41, 5.74) is 2.75. The van der Waals surface area contributed by atoms with Crippen LogP contribution in [0, 0.1) is 11.3 Å². The number of hydrogen-bond donors (Lipinski definition) is 1. The Morgan fingerprint density at radius 3 is 2.52 bits per heavy atom. The van der Waals surface area contributed by atoms with Crippen molar-refractivity contribution in [2.45, 2.75) is 37.6 Å². The summed E-state index contributed by atoms with van der Waals surface area (Å²) in [7, 11) is 1.54. The number of ether oxygens (including phenoxy) is 1. The molecule has 0 saturated heterocycles. The Kier molecular flexibility index (Phi) is 4.77. The summed E-state index contributed by atoms with van der Waals surface area (Å²) in [6.07, 6.45) is 6.24. The Hall–Kier alpha value is -2.54. The van der Waals surface area contributed by atoms with Crippen LogP contribution in [0.1, 0.15) is 42.7 Å². The van der Waals surface area contributed by atoms with Crippen molar-refractivity contribution in [1.29, 1.82) is 5.26 Å². The molecule has 0 unspecified atom stereocenters. The summed E-state index contributed by atoms with van der Waals surface area (Å²) >= 11 is 0. The Balaban J connectivity index is 1.65. The molecule has 0 amide bonds. The van der Waals surface area contributed by atoms with E-state index >= 15 is 0 Å². The Labute approximate surface area is 137 Å². The molecular formula is C19H21N3O. The number of nitriles is 1. The number of anilines is 1. The van der Waals surface area contributed by atoms with Gasteiger partial charge in [-0.15, -0.1) is 0 Å². The third-order valence-corrected chi connectivity index (χ3v) is 4.58. The first kappa shape index (κ1) is 15.4. The number of methoxy groups -OCH3 is 1. The van der Waals surface area contributed by atoms with Crippen LogP contribution in [0.4, 0.5) is 5.69 Å². The highest BCUT2D eigenvalue weighted by Gasteiger charge is 2.23. The van der Waals surface area contributed by atoms with E-state index in [4.69, 9.17) is 4.74 Å². The van der Waals surface area contributed by atoms with Gasteiger partial charge in [-0.05, 0) is 43.2 Å². The topological polar surface area (TPSA) is 57.9 Å². The lowest BCUT2D eigenvalue weighted by molar-refractivity contribution is 0.395. The van der Waals surface area contributed by atoms with E-state index < -0.39 is 0 Å². The van der Waals surface area contributed by atoms with Crippen molar-refractivity contribution in [3.63, 3.8) is 0 Å². The van der Waals surface area contributed by atoms with Crippen LogP contribution in [0.3, 0.4) is 0 Å². The van der Waals surface area contributed by atoms with Gasteiger partial charge in [0.25, 0.3) is 0 Å². The molecule has 118 valence electrons. The van der Waals surface area contributed by atoms with Crippen LogP contribution in [0.5, 0.6) is 5.88 Å². The first-order valence-electron chi connectivity index (χ1n) is 8.06. The van der Waals surface area contributed by atoms with Gasteiger partial charge in [0.1, 0.15) is 11.6 Å². The Bertz CT molecular complexity index is 686. The molecule has 0 radical (unpaired) electrons. The first-order valence-corrected chi connectivity index (χ1v) is 8.06. The smallest absolute Gasteiger partial charge is 0.233 e. The third kappa shape index (κ3) is 3.45. The normalized spacial score (nSPS) is 20.5. The molecule has 1 aliphatic carbocycles. The summed E-state index contributed by atoms with van der Waals surface area (Å²) in [5, 5.41) is 12.8. The summed E-state index contributed by atoms with van der Waals surface area (Å²) in [6, 6.07) is 15.2. The molecule has 1 heterocycles. The summed E-state index contributed by atoms with van der Waals surface area (Å²) < 4.78 is 5.17. The second-order valence-electron chi connectivity index (χ2n) is 5.96. The number of pyridine rings is 1. The number of nitrogens with zero attached hydrogens (tertiary/aromatic N) is 2. The molecule has 0 atom stereocenters. The fraction of sp³-hybridized carbons (Fsp3) is 0.368. The minimum atomic E-state index is 0.385. The van der Waals surface area contributed by atoms with Crippen molar-refractivity contribution in [3.8, 4) is 11.9 Å². The van der Waals surface area contributed by atoms with Gasteiger partial charge in [-0.1, -0.05) is 30.3 Å². The number of benzene rings is 1. The predicted molar refractivity (Wildman–Crippen MR) is 90.6 cm³/mol. The Morgan fingerprint density at radius 2 is 1.87 bits per heavy atom. The maximum Gasteiger partial charge on any atom is 0.233 e. The molecule has 3 rings (SSSR count). The van der Waals surface area contributed by atoms with Gasteiger partial charge in [0.05, 0.1) is 12.8 Å². The van der Waals surface area contributed by atoms with Gasteiger partial charge in [-0.3, -0.25) is 0 Å². The fourth-order valence-corrected chi connectivity index (χ4v) is 3.34. The van der Waals surface area contributed by atoms with E-state index in [1.165, 1.54) is 25.5 Å². The van der Waals surface area contributed by atoms with Crippen LogP contribution in [0.2, 0.25) is 0 Å². The van der Waals surface area contributed by atoms with Gasteiger partial charge in [0, 0.05) is 12.2 Å². The number of nitrogens with one attached hydrogen (secondary N) is 1. The highest BCUT2D eigenvalue weighted by molar-refractivity contribution is 5.61. The van der Waals surface area contributed by atoms with Crippen molar-refractivity contribution < 1.29 is 4.74 Å². The lowest BCUT2D eigenvalue weighted by Gasteiger charge is -2.30. The van der Waals surface area contributed by atoms with Gasteiger partial charge < -0.3 is 10.1 Å². The third-order valence-electron chi connectivity index (χ3n) is 4.58. The van der Waals surface area contributed by atoms with E-state index in [1.807, 2.05) is 6.07 Å². The van der Waals surface area contributed by atoms with E-state index in [2.05, 4.69) is 46.7 Å². The van der Waals surface area contributed by atoms with Gasteiger partial charge in [-0.2, -0.15) is 5.26 Å².